The maximum absolute atomic E-state index is 11.7. The minimum absolute atomic E-state index is 0.173. The number of nitrogens with zero attached hydrogens (tertiary/aromatic N) is 1. The molecule has 0 aliphatic rings. The summed E-state index contributed by atoms with van der Waals surface area (Å²) in [5.41, 5.74) is 0.873. The highest BCUT2D eigenvalue weighted by Gasteiger charge is 2.19. The van der Waals surface area contributed by atoms with Gasteiger partial charge in [-0.25, -0.2) is 9.86 Å². The van der Waals surface area contributed by atoms with Gasteiger partial charge in [0.15, 0.2) is 6.61 Å². The van der Waals surface area contributed by atoms with Gasteiger partial charge in [-0.2, -0.15) is 0 Å². The molecule has 2 rings (SSSR count). The molecular weight excluding hydrogens is 357 g/mol. The van der Waals surface area contributed by atoms with Crippen LogP contribution in [0.5, 0.6) is 0 Å². The maximum Gasteiger partial charge on any atom is 0.341 e. The maximum atomic E-state index is 11.7. The van der Waals surface area contributed by atoms with Gasteiger partial charge in [0.2, 0.25) is 0 Å². The molecule has 0 aliphatic heterocycles. The lowest BCUT2D eigenvalue weighted by atomic mass is 10.1. The summed E-state index contributed by atoms with van der Waals surface area (Å²) in [6.07, 6.45) is -0.220. The van der Waals surface area contributed by atoms with Gasteiger partial charge in [-0.1, -0.05) is 47.5 Å². The number of anilines is 2. The van der Waals surface area contributed by atoms with Crippen molar-refractivity contribution in [3.8, 4) is 0 Å². The van der Waals surface area contributed by atoms with Gasteiger partial charge < -0.3 is 9.84 Å². The van der Waals surface area contributed by atoms with Crippen molar-refractivity contribution in [2.45, 2.75) is 6.42 Å². The zero-order valence-electron chi connectivity index (χ0n) is 12.3. The van der Waals surface area contributed by atoms with E-state index in [2.05, 4.69) is 4.74 Å². The van der Waals surface area contributed by atoms with E-state index < -0.39 is 18.5 Å². The average Bonchev–Trinajstić information content (AvgIpc) is 2.53. The number of aliphatic carboxylic acids is 1. The van der Waals surface area contributed by atoms with E-state index >= 15 is 0 Å². The van der Waals surface area contributed by atoms with Crippen molar-refractivity contribution in [1.82, 2.24) is 0 Å². The van der Waals surface area contributed by atoms with E-state index in [1.807, 2.05) is 0 Å². The Morgan fingerprint density at radius 2 is 1.67 bits per heavy atom. The van der Waals surface area contributed by atoms with E-state index in [0.717, 1.165) is 5.06 Å². The first-order valence-corrected chi connectivity index (χ1v) is 7.54. The molecule has 2 aromatic rings. The number of ether oxygens (including phenoxy) is 1. The summed E-state index contributed by atoms with van der Waals surface area (Å²) in [6, 6.07) is 11.3. The second-order valence-corrected chi connectivity index (χ2v) is 5.56. The van der Waals surface area contributed by atoms with Gasteiger partial charge in [-0.15, -0.1) is 0 Å². The summed E-state index contributed by atoms with van der Waals surface area (Å²) in [4.78, 5) is 22.2. The van der Waals surface area contributed by atoms with E-state index in [-0.39, 0.29) is 27.8 Å². The van der Waals surface area contributed by atoms with Crippen molar-refractivity contribution in [1.29, 1.82) is 0 Å². The number of carbonyl (C=O) groups excluding carboxylic acids is 1. The highest BCUT2D eigenvalue weighted by Crippen LogP contribution is 2.37. The molecule has 0 radical (unpaired) electrons. The van der Waals surface area contributed by atoms with Crippen molar-refractivity contribution < 1.29 is 24.6 Å². The number of carbonyl (C=O) groups is 2. The fraction of sp³-hybridized carbons (Fsp3) is 0.125. The van der Waals surface area contributed by atoms with E-state index in [1.165, 1.54) is 0 Å². The van der Waals surface area contributed by atoms with Crippen LogP contribution in [0.4, 0.5) is 11.4 Å². The molecule has 6 nitrogen and oxygen atoms in total. The number of rotatable bonds is 6. The third kappa shape index (κ3) is 4.38. The Bertz CT molecular complexity index is 746. The molecule has 0 saturated carbocycles. The Balaban J connectivity index is 2.28. The lowest BCUT2D eigenvalue weighted by molar-refractivity contribution is -0.154. The van der Waals surface area contributed by atoms with Gasteiger partial charge >= 0.3 is 11.9 Å². The number of carboxylic acid groups (broad SMARTS) is 1. The second-order valence-electron chi connectivity index (χ2n) is 4.74. The highest BCUT2D eigenvalue weighted by molar-refractivity contribution is 6.39. The summed E-state index contributed by atoms with van der Waals surface area (Å²) in [5.74, 6) is -1.98. The van der Waals surface area contributed by atoms with Crippen molar-refractivity contribution in [2.24, 2.45) is 0 Å². The summed E-state index contributed by atoms with van der Waals surface area (Å²) in [5, 5.41) is 20.3. The second kappa shape index (κ2) is 8.01. The molecule has 0 heterocycles. The molecule has 24 heavy (non-hydrogen) atoms. The van der Waals surface area contributed by atoms with Crippen LogP contribution < -0.4 is 5.06 Å². The number of carboxylic acids is 1. The van der Waals surface area contributed by atoms with Crippen LogP contribution in [-0.4, -0.2) is 28.9 Å². The predicted octanol–water partition coefficient (Wildman–Crippen LogP) is 3.69. The van der Waals surface area contributed by atoms with Crippen LogP contribution in [0.15, 0.2) is 42.5 Å². The molecule has 0 spiro atoms. The summed E-state index contributed by atoms with van der Waals surface area (Å²) in [7, 11) is 0. The lowest BCUT2D eigenvalue weighted by Gasteiger charge is -2.22. The van der Waals surface area contributed by atoms with Gasteiger partial charge in [0.05, 0.1) is 22.2 Å². The van der Waals surface area contributed by atoms with E-state index in [1.54, 1.807) is 42.5 Å². The van der Waals surface area contributed by atoms with Crippen LogP contribution in [0.2, 0.25) is 10.0 Å². The van der Waals surface area contributed by atoms with Crippen LogP contribution in [0.25, 0.3) is 0 Å². The standard InChI is InChI=1S/C16H13Cl2NO5/c17-11-5-3-6-12(18)16(11)19(23)13-7-2-1-4-10(13)8-15(22)24-9-14(20)21/h1-7,23H,8-9H2,(H,20,21). The number of hydrogen-bond donors (Lipinski definition) is 2. The van der Waals surface area contributed by atoms with Crippen molar-refractivity contribution in [3.63, 3.8) is 0 Å². The Morgan fingerprint density at radius 1 is 1.04 bits per heavy atom. The van der Waals surface area contributed by atoms with E-state index in [0.29, 0.717) is 5.56 Å². The number of benzene rings is 2. The molecule has 0 amide bonds. The van der Waals surface area contributed by atoms with Gasteiger partial charge in [-0.05, 0) is 23.8 Å². The van der Waals surface area contributed by atoms with E-state index in [4.69, 9.17) is 28.3 Å². The molecule has 2 N–H and O–H groups in total. The Hall–Kier alpha value is -2.28. The number of halogens is 2. The molecule has 0 fully saturated rings. The highest BCUT2D eigenvalue weighted by atomic mass is 35.5. The SMILES string of the molecule is O=C(O)COC(=O)Cc1ccccc1N(O)c1c(Cl)cccc1Cl. The van der Waals surface area contributed by atoms with E-state index in [9.17, 15) is 14.8 Å². The largest absolute Gasteiger partial charge is 0.479 e. The van der Waals surface area contributed by atoms with Gasteiger partial charge in [0, 0.05) is 0 Å². The Morgan fingerprint density at radius 3 is 2.29 bits per heavy atom. The Kier molecular flexibility index (Phi) is 6.03. The quantitative estimate of drug-likeness (QED) is 0.596. The summed E-state index contributed by atoms with van der Waals surface area (Å²) in [6.45, 7) is -0.722. The molecular formula is C16H13Cl2NO5. The van der Waals surface area contributed by atoms with Gasteiger partial charge in [0.25, 0.3) is 0 Å². The molecule has 0 atom stereocenters. The summed E-state index contributed by atoms with van der Waals surface area (Å²) >= 11 is 12.1. The molecule has 2 aromatic carbocycles. The minimum Gasteiger partial charge on any atom is -0.479 e. The van der Waals surface area contributed by atoms with Crippen LogP contribution in [0, 0.1) is 0 Å². The zero-order valence-corrected chi connectivity index (χ0v) is 13.8. The third-order valence-electron chi connectivity index (χ3n) is 3.06. The summed E-state index contributed by atoms with van der Waals surface area (Å²) < 4.78 is 4.60. The first kappa shape index (κ1) is 18.1. The molecule has 0 aliphatic carbocycles. The Labute approximate surface area is 147 Å². The van der Waals surface area contributed by atoms with Crippen LogP contribution in [0.3, 0.4) is 0 Å². The van der Waals surface area contributed by atoms with Crippen LogP contribution in [-0.2, 0) is 20.7 Å². The van der Waals surface area contributed by atoms with Crippen molar-refractivity contribution in [3.05, 3.63) is 58.1 Å². The van der Waals surface area contributed by atoms with Crippen LogP contribution in [0.1, 0.15) is 5.56 Å². The monoisotopic (exact) mass is 369 g/mol. The van der Waals surface area contributed by atoms with Crippen molar-refractivity contribution in [2.75, 3.05) is 11.7 Å². The average molecular weight is 370 g/mol. The fourth-order valence-corrected chi connectivity index (χ4v) is 2.59. The van der Waals surface area contributed by atoms with Crippen molar-refractivity contribution >= 4 is 46.5 Å². The number of esters is 1. The number of para-hydroxylation sites is 2. The smallest absolute Gasteiger partial charge is 0.341 e. The molecule has 0 saturated heterocycles. The molecule has 0 unspecified atom stereocenters. The first-order valence-electron chi connectivity index (χ1n) is 6.78. The van der Waals surface area contributed by atoms with Gasteiger partial charge in [0.1, 0.15) is 5.69 Å². The van der Waals surface area contributed by atoms with Gasteiger partial charge in [-0.3, -0.25) is 10.0 Å². The first-order chi connectivity index (χ1) is 11.4. The normalized spacial score (nSPS) is 10.3. The molecule has 8 heteroatoms. The topological polar surface area (TPSA) is 87.1 Å². The molecule has 126 valence electrons. The third-order valence-corrected chi connectivity index (χ3v) is 3.67. The molecule has 0 aromatic heterocycles. The molecule has 0 bridgehead atoms. The zero-order chi connectivity index (χ0) is 17.7. The lowest BCUT2D eigenvalue weighted by Crippen LogP contribution is -2.18. The van der Waals surface area contributed by atoms with Crippen LogP contribution >= 0.6 is 23.2 Å². The fourth-order valence-electron chi connectivity index (χ4n) is 2.03. The predicted molar refractivity (Wildman–Crippen MR) is 89.1 cm³/mol. The minimum atomic E-state index is -1.25. The number of hydrogen-bond acceptors (Lipinski definition) is 5.